The first kappa shape index (κ1) is 25.5. The molecule has 0 atom stereocenters. The molecule has 0 radical (unpaired) electrons. The number of nitrogens with one attached hydrogen (secondary N) is 1. The number of nitrogens with zero attached hydrogens (tertiary/aromatic N) is 3. The number of hydrogen-bond donors (Lipinski definition) is 1. The van der Waals surface area contributed by atoms with E-state index in [2.05, 4.69) is 15.1 Å². The summed E-state index contributed by atoms with van der Waals surface area (Å²) in [6.07, 6.45) is 0. The number of hydrogen-bond acceptors (Lipinski definition) is 4. The second-order valence-electron chi connectivity index (χ2n) is 9.14. The lowest BCUT2D eigenvalue weighted by molar-refractivity contribution is -0.117. The van der Waals surface area contributed by atoms with E-state index in [1.165, 1.54) is 29.2 Å². The van der Waals surface area contributed by atoms with Crippen molar-refractivity contribution in [3.63, 3.8) is 0 Å². The second kappa shape index (κ2) is 11.4. The molecule has 1 fully saturated rings. The maximum Gasteiger partial charge on any atom is 0.253 e. The van der Waals surface area contributed by atoms with Crippen LogP contribution in [0.4, 0.5) is 14.5 Å². The highest BCUT2D eigenvalue weighted by molar-refractivity contribution is 5.96. The van der Waals surface area contributed by atoms with Gasteiger partial charge in [-0.25, -0.2) is 8.78 Å². The Hall–Kier alpha value is -3.62. The molecule has 0 spiro atoms. The van der Waals surface area contributed by atoms with Crippen molar-refractivity contribution in [1.82, 2.24) is 14.7 Å². The topological polar surface area (TPSA) is 55.9 Å². The molecule has 188 valence electrons. The van der Waals surface area contributed by atoms with Crippen LogP contribution in [0.3, 0.4) is 0 Å². The van der Waals surface area contributed by atoms with Crippen LogP contribution < -0.4 is 5.32 Å². The van der Waals surface area contributed by atoms with Crippen molar-refractivity contribution in [2.24, 2.45) is 0 Å². The maximum absolute atomic E-state index is 13.5. The molecule has 3 aromatic rings. The van der Waals surface area contributed by atoms with Gasteiger partial charge in [0.2, 0.25) is 5.91 Å². The fraction of sp³-hybridized carbons (Fsp3) is 0.286. The molecule has 4 rings (SSSR count). The van der Waals surface area contributed by atoms with Crippen molar-refractivity contribution in [2.45, 2.75) is 6.04 Å². The first-order valence-corrected chi connectivity index (χ1v) is 11.9. The number of piperazine rings is 1. The highest BCUT2D eigenvalue weighted by Crippen LogP contribution is 2.30. The summed E-state index contributed by atoms with van der Waals surface area (Å²) in [6.45, 7) is 3.03. The number of amides is 2. The van der Waals surface area contributed by atoms with Crippen molar-refractivity contribution in [1.29, 1.82) is 0 Å². The Kier molecular flexibility index (Phi) is 8.07. The monoisotopic (exact) mass is 492 g/mol. The number of halogens is 2. The molecule has 3 aromatic carbocycles. The van der Waals surface area contributed by atoms with Gasteiger partial charge in [-0.2, -0.15) is 0 Å². The third-order valence-corrected chi connectivity index (χ3v) is 6.33. The van der Waals surface area contributed by atoms with Crippen LogP contribution in [0.1, 0.15) is 27.5 Å². The standard InChI is InChI=1S/C28H30F2N4O2/c1-32(2)28(36)22-7-13-25(14-8-22)31-26(35)19-33-15-17-34(18-16-33)27(20-3-9-23(29)10-4-20)21-5-11-24(30)12-6-21/h3-14,27H,15-19H2,1-2H3,(H,31,35). The van der Waals surface area contributed by atoms with Gasteiger partial charge in [0.1, 0.15) is 11.6 Å². The predicted molar refractivity (Wildman–Crippen MR) is 136 cm³/mol. The van der Waals surface area contributed by atoms with Gasteiger partial charge in [0.15, 0.2) is 0 Å². The van der Waals surface area contributed by atoms with E-state index in [0.717, 1.165) is 11.1 Å². The Bertz CT molecular complexity index is 1130. The molecular formula is C28H30F2N4O2. The summed E-state index contributed by atoms with van der Waals surface area (Å²) in [5.41, 5.74) is 3.07. The zero-order chi connectivity index (χ0) is 25.7. The van der Waals surface area contributed by atoms with Crippen LogP contribution in [0.25, 0.3) is 0 Å². The molecule has 1 aliphatic rings. The van der Waals surface area contributed by atoms with Crippen LogP contribution in [-0.4, -0.2) is 73.3 Å². The highest BCUT2D eigenvalue weighted by Gasteiger charge is 2.27. The predicted octanol–water partition coefficient (Wildman–Crippen LogP) is 4.01. The fourth-order valence-electron chi connectivity index (χ4n) is 4.44. The van der Waals surface area contributed by atoms with Gasteiger partial charge in [-0.05, 0) is 59.7 Å². The Balaban J connectivity index is 1.36. The van der Waals surface area contributed by atoms with Crippen molar-refractivity contribution in [2.75, 3.05) is 52.1 Å². The molecule has 0 aromatic heterocycles. The summed E-state index contributed by atoms with van der Waals surface area (Å²) >= 11 is 0. The minimum atomic E-state index is -0.300. The van der Waals surface area contributed by atoms with Crippen LogP contribution in [0, 0.1) is 11.6 Å². The average Bonchev–Trinajstić information content (AvgIpc) is 2.87. The van der Waals surface area contributed by atoms with Gasteiger partial charge in [0.05, 0.1) is 12.6 Å². The van der Waals surface area contributed by atoms with Crippen LogP contribution in [0.2, 0.25) is 0 Å². The number of rotatable bonds is 7. The van der Waals surface area contributed by atoms with Gasteiger partial charge in [-0.1, -0.05) is 24.3 Å². The minimum absolute atomic E-state index is 0.0923. The van der Waals surface area contributed by atoms with Gasteiger partial charge < -0.3 is 10.2 Å². The molecule has 0 saturated carbocycles. The number of anilines is 1. The molecule has 8 heteroatoms. The number of carbonyl (C=O) groups excluding carboxylic acids is 2. The molecule has 1 aliphatic heterocycles. The van der Waals surface area contributed by atoms with Gasteiger partial charge in [-0.15, -0.1) is 0 Å². The molecule has 2 amide bonds. The summed E-state index contributed by atoms with van der Waals surface area (Å²) in [4.78, 5) is 30.5. The lowest BCUT2D eigenvalue weighted by Crippen LogP contribution is -2.49. The van der Waals surface area contributed by atoms with E-state index in [1.807, 2.05) is 0 Å². The Morgan fingerprint density at radius 2 is 1.31 bits per heavy atom. The first-order chi connectivity index (χ1) is 17.3. The van der Waals surface area contributed by atoms with E-state index in [-0.39, 0.29) is 36.0 Å². The van der Waals surface area contributed by atoms with E-state index >= 15 is 0 Å². The molecule has 6 nitrogen and oxygen atoms in total. The largest absolute Gasteiger partial charge is 0.345 e. The van der Waals surface area contributed by atoms with Crippen molar-refractivity contribution < 1.29 is 18.4 Å². The lowest BCUT2D eigenvalue weighted by Gasteiger charge is -2.39. The molecule has 0 unspecified atom stereocenters. The molecule has 36 heavy (non-hydrogen) atoms. The van der Waals surface area contributed by atoms with Gasteiger partial charge in [0.25, 0.3) is 5.91 Å². The van der Waals surface area contributed by atoms with Gasteiger partial charge in [0, 0.05) is 51.5 Å². The zero-order valence-electron chi connectivity index (χ0n) is 20.5. The highest BCUT2D eigenvalue weighted by atomic mass is 19.1. The van der Waals surface area contributed by atoms with Crippen molar-refractivity contribution >= 4 is 17.5 Å². The van der Waals surface area contributed by atoms with E-state index < -0.39 is 0 Å². The number of benzene rings is 3. The first-order valence-electron chi connectivity index (χ1n) is 11.9. The van der Waals surface area contributed by atoms with E-state index in [1.54, 1.807) is 62.6 Å². The van der Waals surface area contributed by atoms with Crippen LogP contribution >= 0.6 is 0 Å². The van der Waals surface area contributed by atoms with Gasteiger partial charge >= 0.3 is 0 Å². The maximum atomic E-state index is 13.5. The number of carbonyl (C=O) groups is 2. The average molecular weight is 493 g/mol. The summed E-state index contributed by atoms with van der Waals surface area (Å²) in [5, 5.41) is 2.89. The SMILES string of the molecule is CN(C)C(=O)c1ccc(NC(=O)CN2CCN(C(c3ccc(F)cc3)c3ccc(F)cc3)CC2)cc1. The quantitative estimate of drug-likeness (QED) is 0.542. The van der Waals surface area contributed by atoms with Crippen molar-refractivity contribution in [3.05, 3.63) is 101 Å². The minimum Gasteiger partial charge on any atom is -0.345 e. The lowest BCUT2D eigenvalue weighted by atomic mass is 9.96. The van der Waals surface area contributed by atoms with Crippen LogP contribution in [0.5, 0.6) is 0 Å². The Morgan fingerprint density at radius 3 is 1.78 bits per heavy atom. The summed E-state index contributed by atoms with van der Waals surface area (Å²) < 4.78 is 27.1. The smallest absolute Gasteiger partial charge is 0.253 e. The molecular weight excluding hydrogens is 462 g/mol. The van der Waals surface area contributed by atoms with Crippen LogP contribution in [0.15, 0.2) is 72.8 Å². The molecule has 0 bridgehead atoms. The van der Waals surface area contributed by atoms with Gasteiger partial charge in [-0.3, -0.25) is 19.4 Å². The Labute approximate surface area is 210 Å². The van der Waals surface area contributed by atoms with E-state index in [9.17, 15) is 18.4 Å². The zero-order valence-corrected chi connectivity index (χ0v) is 20.5. The third-order valence-electron chi connectivity index (χ3n) is 6.33. The summed E-state index contributed by atoms with van der Waals surface area (Å²) in [6, 6.07) is 19.5. The summed E-state index contributed by atoms with van der Waals surface area (Å²) in [7, 11) is 3.39. The van der Waals surface area contributed by atoms with E-state index in [4.69, 9.17) is 0 Å². The summed E-state index contributed by atoms with van der Waals surface area (Å²) in [5.74, 6) is -0.813. The second-order valence-corrected chi connectivity index (χ2v) is 9.14. The Morgan fingerprint density at radius 1 is 0.806 bits per heavy atom. The fourth-order valence-corrected chi connectivity index (χ4v) is 4.44. The molecule has 1 saturated heterocycles. The van der Waals surface area contributed by atoms with Crippen LogP contribution in [-0.2, 0) is 4.79 Å². The molecule has 1 heterocycles. The molecule has 0 aliphatic carbocycles. The van der Waals surface area contributed by atoms with Crippen molar-refractivity contribution in [3.8, 4) is 0 Å². The van der Waals surface area contributed by atoms with E-state index in [0.29, 0.717) is 37.4 Å². The molecule has 1 N–H and O–H groups in total. The third kappa shape index (κ3) is 6.33. The normalized spacial score (nSPS) is 14.6.